The van der Waals surface area contributed by atoms with Crippen molar-refractivity contribution >= 4 is 29.0 Å². The van der Waals surface area contributed by atoms with Crippen molar-refractivity contribution < 1.29 is 9.84 Å². The molecule has 0 unspecified atom stereocenters. The number of nitrogens with zero attached hydrogens (tertiary/aromatic N) is 3. The van der Waals surface area contributed by atoms with Gasteiger partial charge in [0.1, 0.15) is 12.4 Å². The van der Waals surface area contributed by atoms with E-state index in [1.807, 2.05) is 28.8 Å². The predicted octanol–water partition coefficient (Wildman–Crippen LogP) is 2.91. The van der Waals surface area contributed by atoms with E-state index in [0.717, 1.165) is 10.8 Å². The van der Waals surface area contributed by atoms with E-state index in [-0.39, 0.29) is 6.61 Å². The Bertz CT molecular complexity index is 748. The monoisotopic (exact) mass is 335 g/mol. The molecule has 3 rings (SSSR count). The van der Waals surface area contributed by atoms with Gasteiger partial charge in [0, 0.05) is 17.0 Å². The average Bonchev–Trinajstić information content (AvgIpc) is 2.96. The molecular weight excluding hydrogens is 322 g/mol. The third kappa shape index (κ3) is 3.71. The van der Waals surface area contributed by atoms with E-state index in [1.165, 1.54) is 11.8 Å². The van der Waals surface area contributed by atoms with Crippen LogP contribution in [0.15, 0.2) is 53.8 Å². The lowest BCUT2D eigenvalue weighted by molar-refractivity contribution is 0.126. The molecule has 22 heavy (non-hydrogen) atoms. The van der Waals surface area contributed by atoms with E-state index in [0.29, 0.717) is 16.5 Å². The van der Waals surface area contributed by atoms with Crippen LogP contribution in [-0.4, -0.2) is 38.2 Å². The van der Waals surface area contributed by atoms with Crippen LogP contribution >= 0.6 is 23.4 Å². The first-order valence-electron chi connectivity index (χ1n) is 6.71. The minimum atomic E-state index is -0.600. The lowest BCUT2D eigenvalue weighted by Gasteiger charge is -2.11. The van der Waals surface area contributed by atoms with Crippen LogP contribution in [0.4, 0.5) is 0 Å². The van der Waals surface area contributed by atoms with Gasteiger partial charge in [-0.15, -0.1) is 10.2 Å². The maximum absolute atomic E-state index is 10.0. The number of aliphatic hydroxyl groups excluding tert-OH is 1. The summed E-state index contributed by atoms with van der Waals surface area (Å²) in [6, 6.07) is 12.8. The molecule has 7 heteroatoms. The molecule has 1 atom stereocenters. The number of halogens is 1. The Balaban J connectivity index is 1.52. The molecule has 3 aromatic rings. The molecule has 114 valence electrons. The predicted molar refractivity (Wildman–Crippen MR) is 86.7 cm³/mol. The second-order valence-electron chi connectivity index (χ2n) is 4.64. The van der Waals surface area contributed by atoms with Crippen molar-refractivity contribution in [1.82, 2.24) is 14.6 Å². The highest BCUT2D eigenvalue weighted by atomic mass is 35.5. The molecular formula is C15H14ClN3O2S. The zero-order valence-corrected chi connectivity index (χ0v) is 13.2. The Labute approximate surface area is 136 Å². The highest BCUT2D eigenvalue weighted by Crippen LogP contribution is 2.19. The van der Waals surface area contributed by atoms with Crippen molar-refractivity contribution in [3.8, 4) is 5.75 Å². The van der Waals surface area contributed by atoms with Gasteiger partial charge in [0.25, 0.3) is 0 Å². The topological polar surface area (TPSA) is 59.7 Å². The highest BCUT2D eigenvalue weighted by molar-refractivity contribution is 7.99. The van der Waals surface area contributed by atoms with Crippen molar-refractivity contribution in [3.05, 3.63) is 53.7 Å². The maximum atomic E-state index is 10.0. The summed E-state index contributed by atoms with van der Waals surface area (Å²) in [7, 11) is 0. The number of aliphatic hydroxyl groups is 1. The molecule has 2 heterocycles. The van der Waals surface area contributed by atoms with Gasteiger partial charge in [0.2, 0.25) is 0 Å². The minimum Gasteiger partial charge on any atom is -0.491 e. The van der Waals surface area contributed by atoms with Crippen molar-refractivity contribution in [1.29, 1.82) is 0 Å². The molecule has 0 saturated heterocycles. The largest absolute Gasteiger partial charge is 0.491 e. The second-order valence-corrected chi connectivity index (χ2v) is 6.06. The molecule has 0 aliphatic heterocycles. The summed E-state index contributed by atoms with van der Waals surface area (Å²) in [4.78, 5) is 0. The van der Waals surface area contributed by atoms with Gasteiger partial charge in [-0.05, 0) is 36.4 Å². The van der Waals surface area contributed by atoms with Crippen molar-refractivity contribution in [2.24, 2.45) is 0 Å². The molecule has 0 spiro atoms. The number of aromatic nitrogens is 3. The van der Waals surface area contributed by atoms with Crippen LogP contribution in [0.3, 0.4) is 0 Å². The maximum Gasteiger partial charge on any atom is 0.195 e. The Kier molecular flexibility index (Phi) is 4.82. The summed E-state index contributed by atoms with van der Waals surface area (Å²) in [5, 5.41) is 19.6. The smallest absolute Gasteiger partial charge is 0.195 e. The third-order valence-corrected chi connectivity index (χ3v) is 4.28. The van der Waals surface area contributed by atoms with E-state index in [4.69, 9.17) is 16.3 Å². The summed E-state index contributed by atoms with van der Waals surface area (Å²) in [5.74, 6) is 1.16. The molecule has 0 bridgehead atoms. The van der Waals surface area contributed by atoms with Gasteiger partial charge in [0.15, 0.2) is 10.8 Å². The molecule has 1 aromatic carbocycles. The van der Waals surface area contributed by atoms with Gasteiger partial charge in [-0.3, -0.25) is 4.40 Å². The van der Waals surface area contributed by atoms with Crippen LogP contribution in [0.2, 0.25) is 5.02 Å². The van der Waals surface area contributed by atoms with Gasteiger partial charge in [-0.25, -0.2) is 0 Å². The number of ether oxygens (including phenoxy) is 1. The van der Waals surface area contributed by atoms with Crippen LogP contribution in [0.25, 0.3) is 5.65 Å². The van der Waals surface area contributed by atoms with Gasteiger partial charge < -0.3 is 9.84 Å². The fraction of sp³-hybridized carbons (Fsp3) is 0.200. The first-order chi connectivity index (χ1) is 10.7. The average molecular weight is 336 g/mol. The van der Waals surface area contributed by atoms with Crippen LogP contribution in [0, 0.1) is 0 Å². The minimum absolute atomic E-state index is 0.214. The number of thioether (sulfide) groups is 1. The second kappa shape index (κ2) is 7.00. The van der Waals surface area contributed by atoms with Crippen LogP contribution in [0.5, 0.6) is 5.75 Å². The first-order valence-corrected chi connectivity index (χ1v) is 8.08. The molecule has 0 aliphatic rings. The van der Waals surface area contributed by atoms with E-state index >= 15 is 0 Å². The molecule has 5 nitrogen and oxygen atoms in total. The number of benzene rings is 1. The molecule has 0 aliphatic carbocycles. The zero-order valence-electron chi connectivity index (χ0n) is 11.6. The SMILES string of the molecule is O[C@H](COc1ccc(Cl)cc1)CSc1nnc2ccccn12. The molecule has 0 fully saturated rings. The van der Waals surface area contributed by atoms with E-state index in [2.05, 4.69) is 10.2 Å². The van der Waals surface area contributed by atoms with Crippen LogP contribution < -0.4 is 4.74 Å². The highest BCUT2D eigenvalue weighted by Gasteiger charge is 2.10. The Morgan fingerprint density at radius 1 is 1.18 bits per heavy atom. The van der Waals surface area contributed by atoms with Crippen molar-refractivity contribution in [3.63, 3.8) is 0 Å². The molecule has 2 aromatic heterocycles. The molecule has 0 amide bonds. The Hall–Kier alpha value is -1.76. The summed E-state index contributed by atoms with van der Waals surface area (Å²) in [6.45, 7) is 0.214. The fourth-order valence-electron chi connectivity index (χ4n) is 1.86. The van der Waals surface area contributed by atoms with Gasteiger partial charge >= 0.3 is 0 Å². The third-order valence-electron chi connectivity index (χ3n) is 2.94. The standard InChI is InChI=1S/C15H14ClN3O2S/c16-11-4-6-13(7-5-11)21-9-12(20)10-22-15-18-17-14-3-1-2-8-19(14)15/h1-8,12,20H,9-10H2/t12-/m1/s1. The Morgan fingerprint density at radius 3 is 2.82 bits per heavy atom. The van der Waals surface area contributed by atoms with Crippen molar-refractivity contribution in [2.75, 3.05) is 12.4 Å². The van der Waals surface area contributed by atoms with Gasteiger partial charge in [-0.1, -0.05) is 29.4 Å². The molecule has 0 saturated carbocycles. The Morgan fingerprint density at radius 2 is 2.00 bits per heavy atom. The number of pyridine rings is 1. The lowest BCUT2D eigenvalue weighted by Crippen LogP contribution is -2.20. The molecule has 0 radical (unpaired) electrons. The van der Waals surface area contributed by atoms with Crippen molar-refractivity contribution in [2.45, 2.75) is 11.3 Å². The van der Waals surface area contributed by atoms with E-state index in [9.17, 15) is 5.11 Å². The first kappa shape index (κ1) is 15.1. The lowest BCUT2D eigenvalue weighted by atomic mass is 10.3. The number of fused-ring (bicyclic) bond motifs is 1. The summed E-state index contributed by atoms with van der Waals surface area (Å²) in [5.41, 5.74) is 0.789. The summed E-state index contributed by atoms with van der Waals surface area (Å²) in [6.07, 6.45) is 1.30. The van der Waals surface area contributed by atoms with Crippen LogP contribution in [-0.2, 0) is 0 Å². The summed E-state index contributed by atoms with van der Waals surface area (Å²) < 4.78 is 7.40. The van der Waals surface area contributed by atoms with Gasteiger partial charge in [0.05, 0.1) is 6.10 Å². The normalized spacial score (nSPS) is 12.5. The van der Waals surface area contributed by atoms with E-state index in [1.54, 1.807) is 24.3 Å². The van der Waals surface area contributed by atoms with Gasteiger partial charge in [-0.2, -0.15) is 0 Å². The van der Waals surface area contributed by atoms with Crippen LogP contribution in [0.1, 0.15) is 0 Å². The fourth-order valence-corrected chi connectivity index (χ4v) is 2.82. The summed E-state index contributed by atoms with van der Waals surface area (Å²) >= 11 is 7.25. The molecule has 1 N–H and O–H groups in total. The zero-order chi connectivity index (χ0) is 15.4. The number of hydrogen-bond donors (Lipinski definition) is 1. The quantitative estimate of drug-likeness (QED) is 0.702. The van der Waals surface area contributed by atoms with E-state index < -0.39 is 6.10 Å². The number of hydrogen-bond acceptors (Lipinski definition) is 5. The number of rotatable bonds is 6.